The molecule has 1 aliphatic rings. The van der Waals surface area contributed by atoms with E-state index in [2.05, 4.69) is 60.3 Å². The summed E-state index contributed by atoms with van der Waals surface area (Å²) in [6.07, 6.45) is 6.58. The van der Waals surface area contributed by atoms with Crippen molar-refractivity contribution in [3.63, 3.8) is 0 Å². The number of benzene rings is 1. The summed E-state index contributed by atoms with van der Waals surface area (Å²) in [7, 11) is 2.07. The molecule has 0 spiro atoms. The van der Waals surface area contributed by atoms with E-state index in [9.17, 15) is 0 Å². The molecule has 3 heteroatoms. The monoisotopic (exact) mass is 272 g/mol. The van der Waals surface area contributed by atoms with Crippen LogP contribution in [0.4, 0.5) is 0 Å². The van der Waals surface area contributed by atoms with Gasteiger partial charge in [0.2, 0.25) is 0 Å². The van der Waals surface area contributed by atoms with Gasteiger partial charge in [-0.1, -0.05) is 24.3 Å². The zero-order chi connectivity index (χ0) is 13.3. The van der Waals surface area contributed by atoms with Crippen LogP contribution in [0.2, 0.25) is 0 Å². The first-order valence-electron chi connectivity index (χ1n) is 6.88. The Morgan fingerprint density at radius 2 is 2.16 bits per heavy atom. The molecule has 19 heavy (non-hydrogen) atoms. The molecule has 2 atom stereocenters. The fourth-order valence-corrected chi connectivity index (χ4v) is 4.64. The highest BCUT2D eigenvalue weighted by atomic mass is 32.2. The molecule has 3 rings (SSSR count). The van der Waals surface area contributed by atoms with Crippen LogP contribution in [0, 0.1) is 0 Å². The number of pyridine rings is 1. The Kier molecular flexibility index (Phi) is 3.50. The van der Waals surface area contributed by atoms with Gasteiger partial charge in [-0.05, 0) is 43.5 Å². The Balaban J connectivity index is 2.11. The lowest BCUT2D eigenvalue weighted by atomic mass is 9.89. The number of thioether (sulfide) groups is 1. The molecule has 2 heterocycles. The Morgan fingerprint density at radius 1 is 1.32 bits per heavy atom. The van der Waals surface area contributed by atoms with Crippen LogP contribution in [0.1, 0.15) is 31.4 Å². The van der Waals surface area contributed by atoms with Gasteiger partial charge in [-0.2, -0.15) is 11.8 Å². The van der Waals surface area contributed by atoms with Crippen LogP contribution in [-0.2, 0) is 0 Å². The Bertz CT molecular complexity index is 570. The molecule has 0 saturated carbocycles. The first-order valence-corrected chi connectivity index (χ1v) is 7.87. The maximum atomic E-state index is 4.43. The molecular weight excluding hydrogens is 252 g/mol. The summed E-state index contributed by atoms with van der Waals surface area (Å²) in [5.74, 6) is 1.27. The van der Waals surface area contributed by atoms with E-state index in [-0.39, 0.29) is 4.75 Å². The molecule has 0 aliphatic carbocycles. The van der Waals surface area contributed by atoms with Crippen molar-refractivity contribution in [2.24, 2.45) is 0 Å². The van der Waals surface area contributed by atoms with Crippen molar-refractivity contribution >= 4 is 22.5 Å². The van der Waals surface area contributed by atoms with E-state index in [1.54, 1.807) is 0 Å². The minimum atomic E-state index is 0.278. The average molecular weight is 272 g/mol. The lowest BCUT2D eigenvalue weighted by Crippen LogP contribution is -2.35. The summed E-state index contributed by atoms with van der Waals surface area (Å²) in [5.41, 5.74) is 1.33. The SMILES string of the molecule is CNC(c1cncc2ccccc12)C1(C)CCCS1. The van der Waals surface area contributed by atoms with Gasteiger partial charge in [0.05, 0.1) is 0 Å². The Labute approximate surface area is 119 Å². The third-order valence-electron chi connectivity index (χ3n) is 4.16. The smallest absolute Gasteiger partial charge is 0.0485 e. The van der Waals surface area contributed by atoms with Gasteiger partial charge < -0.3 is 5.32 Å². The van der Waals surface area contributed by atoms with Crippen LogP contribution in [0.25, 0.3) is 10.8 Å². The molecule has 100 valence electrons. The zero-order valence-electron chi connectivity index (χ0n) is 11.5. The minimum Gasteiger partial charge on any atom is -0.312 e. The second-order valence-corrected chi connectivity index (χ2v) is 7.07. The molecule has 1 aromatic carbocycles. The predicted molar refractivity (Wildman–Crippen MR) is 83.6 cm³/mol. The highest BCUT2D eigenvalue weighted by Gasteiger charge is 2.38. The highest BCUT2D eigenvalue weighted by molar-refractivity contribution is 8.00. The number of fused-ring (bicyclic) bond motifs is 1. The van der Waals surface area contributed by atoms with Crippen molar-refractivity contribution in [3.05, 3.63) is 42.2 Å². The summed E-state index contributed by atoms with van der Waals surface area (Å²) in [4.78, 5) is 4.43. The van der Waals surface area contributed by atoms with E-state index in [0.29, 0.717) is 6.04 Å². The quantitative estimate of drug-likeness (QED) is 0.920. The summed E-state index contributed by atoms with van der Waals surface area (Å²) in [6, 6.07) is 8.90. The second-order valence-electron chi connectivity index (χ2n) is 5.44. The van der Waals surface area contributed by atoms with Gasteiger partial charge in [-0.3, -0.25) is 4.98 Å². The van der Waals surface area contributed by atoms with Crippen LogP contribution in [0.15, 0.2) is 36.7 Å². The summed E-state index contributed by atoms with van der Waals surface area (Å²) >= 11 is 2.09. The summed E-state index contributed by atoms with van der Waals surface area (Å²) < 4.78 is 0.278. The molecule has 1 aliphatic heterocycles. The van der Waals surface area contributed by atoms with Crippen molar-refractivity contribution in [2.45, 2.75) is 30.6 Å². The zero-order valence-corrected chi connectivity index (χ0v) is 12.3. The first kappa shape index (κ1) is 12.9. The van der Waals surface area contributed by atoms with Crippen LogP contribution >= 0.6 is 11.8 Å². The number of rotatable bonds is 3. The molecule has 0 radical (unpaired) electrons. The van der Waals surface area contributed by atoms with E-state index in [1.807, 2.05) is 12.4 Å². The molecule has 2 unspecified atom stereocenters. The Hall–Kier alpha value is -1.06. The third kappa shape index (κ3) is 2.26. The molecular formula is C16H20N2S. The first-order chi connectivity index (χ1) is 9.24. The predicted octanol–water partition coefficient (Wildman–Crippen LogP) is 3.78. The second kappa shape index (κ2) is 5.14. The summed E-state index contributed by atoms with van der Waals surface area (Å²) in [6.45, 7) is 2.38. The van der Waals surface area contributed by atoms with Gasteiger partial charge in [-0.15, -0.1) is 0 Å². The van der Waals surface area contributed by atoms with Crippen LogP contribution in [-0.4, -0.2) is 22.5 Å². The lowest BCUT2D eigenvalue weighted by Gasteiger charge is -2.34. The van der Waals surface area contributed by atoms with Crippen molar-refractivity contribution in [1.82, 2.24) is 10.3 Å². The van der Waals surface area contributed by atoms with Gasteiger partial charge in [0.15, 0.2) is 0 Å². The topological polar surface area (TPSA) is 24.9 Å². The van der Waals surface area contributed by atoms with Crippen LogP contribution in [0.3, 0.4) is 0 Å². The molecule has 2 aromatic rings. The largest absolute Gasteiger partial charge is 0.312 e. The van der Waals surface area contributed by atoms with Crippen molar-refractivity contribution in [2.75, 3.05) is 12.8 Å². The Morgan fingerprint density at radius 3 is 2.89 bits per heavy atom. The molecule has 1 aromatic heterocycles. The number of nitrogens with one attached hydrogen (secondary N) is 1. The van der Waals surface area contributed by atoms with Crippen molar-refractivity contribution in [1.29, 1.82) is 0 Å². The summed E-state index contributed by atoms with van der Waals surface area (Å²) in [5, 5.41) is 6.09. The fraction of sp³-hybridized carbons (Fsp3) is 0.438. The van der Waals surface area contributed by atoms with Gasteiger partial charge in [0, 0.05) is 28.6 Å². The maximum Gasteiger partial charge on any atom is 0.0485 e. The minimum absolute atomic E-state index is 0.278. The molecule has 0 bridgehead atoms. The van der Waals surface area contributed by atoms with Crippen molar-refractivity contribution in [3.8, 4) is 0 Å². The van der Waals surface area contributed by atoms with Gasteiger partial charge >= 0.3 is 0 Å². The molecule has 1 saturated heterocycles. The highest BCUT2D eigenvalue weighted by Crippen LogP contribution is 2.47. The number of aromatic nitrogens is 1. The van der Waals surface area contributed by atoms with Crippen molar-refractivity contribution < 1.29 is 0 Å². The van der Waals surface area contributed by atoms with Crippen LogP contribution in [0.5, 0.6) is 0 Å². The van der Waals surface area contributed by atoms with E-state index in [1.165, 1.54) is 34.9 Å². The van der Waals surface area contributed by atoms with Gasteiger partial charge in [-0.25, -0.2) is 0 Å². The molecule has 1 fully saturated rings. The molecule has 0 amide bonds. The van der Waals surface area contributed by atoms with Gasteiger partial charge in [0.25, 0.3) is 0 Å². The lowest BCUT2D eigenvalue weighted by molar-refractivity contribution is 0.442. The van der Waals surface area contributed by atoms with Gasteiger partial charge in [0.1, 0.15) is 0 Å². The third-order valence-corrected chi connectivity index (χ3v) is 5.75. The average Bonchev–Trinajstić information content (AvgIpc) is 2.87. The molecule has 2 nitrogen and oxygen atoms in total. The fourth-order valence-electron chi connectivity index (χ4n) is 3.19. The van der Waals surface area contributed by atoms with Crippen LogP contribution < -0.4 is 5.32 Å². The molecule has 1 N–H and O–H groups in total. The van der Waals surface area contributed by atoms with E-state index in [0.717, 1.165) is 0 Å². The van der Waals surface area contributed by atoms with E-state index in [4.69, 9.17) is 0 Å². The number of hydrogen-bond acceptors (Lipinski definition) is 3. The number of nitrogens with zero attached hydrogens (tertiary/aromatic N) is 1. The standard InChI is InChI=1S/C16H20N2S/c1-16(8-5-9-19-16)15(17-2)14-11-18-10-12-6-3-4-7-13(12)14/h3-4,6-7,10-11,15,17H,5,8-9H2,1-2H3. The maximum absolute atomic E-state index is 4.43. The number of hydrogen-bond donors (Lipinski definition) is 1. The van der Waals surface area contributed by atoms with E-state index >= 15 is 0 Å². The normalized spacial score (nSPS) is 24.7. The van der Waals surface area contributed by atoms with E-state index < -0.39 is 0 Å².